The number of carbonyl (C=O) groups is 1. The molecule has 3 aromatic rings. The summed E-state index contributed by atoms with van der Waals surface area (Å²) in [5.74, 6) is 0.562. The molecule has 0 bridgehead atoms. The quantitative estimate of drug-likeness (QED) is 0.245. The third kappa shape index (κ3) is 5.46. The molecule has 1 heterocycles. The van der Waals surface area contributed by atoms with Crippen LogP contribution in [-0.4, -0.2) is 38.6 Å². The first-order valence-corrected chi connectivity index (χ1v) is 11.4. The summed E-state index contributed by atoms with van der Waals surface area (Å²) in [5.41, 5.74) is 4.47. The van der Waals surface area contributed by atoms with E-state index in [0.29, 0.717) is 32.8 Å². The number of nitrogens with zero attached hydrogens (tertiary/aromatic N) is 1. The number of oxime groups is 1. The lowest BCUT2D eigenvalue weighted by Crippen LogP contribution is -2.48. The van der Waals surface area contributed by atoms with E-state index in [1.54, 1.807) is 7.11 Å². The van der Waals surface area contributed by atoms with Crippen LogP contribution < -0.4 is 4.74 Å². The molecule has 0 spiro atoms. The summed E-state index contributed by atoms with van der Waals surface area (Å²) in [4.78, 5) is 17.1. The van der Waals surface area contributed by atoms with E-state index in [1.165, 1.54) is 0 Å². The molecule has 1 saturated heterocycles. The first-order chi connectivity index (χ1) is 16.6. The fourth-order valence-corrected chi connectivity index (χ4v) is 4.05. The van der Waals surface area contributed by atoms with Gasteiger partial charge in [0, 0.05) is 11.1 Å². The second-order valence-corrected chi connectivity index (χ2v) is 8.26. The lowest BCUT2D eigenvalue weighted by molar-refractivity contribution is -0.151. The van der Waals surface area contributed by atoms with Crippen LogP contribution in [0.2, 0.25) is 0 Å². The van der Waals surface area contributed by atoms with Crippen LogP contribution in [-0.2, 0) is 31.1 Å². The van der Waals surface area contributed by atoms with Crippen molar-refractivity contribution in [1.29, 1.82) is 0 Å². The van der Waals surface area contributed by atoms with E-state index in [1.807, 2.05) is 79.7 Å². The van der Waals surface area contributed by atoms with E-state index >= 15 is 0 Å². The van der Waals surface area contributed by atoms with Crippen molar-refractivity contribution in [1.82, 2.24) is 0 Å². The number of ether oxygens (including phenoxy) is 3. The average Bonchev–Trinajstić information content (AvgIpc) is 2.85. The van der Waals surface area contributed by atoms with Crippen molar-refractivity contribution in [2.45, 2.75) is 25.4 Å². The Hall–Kier alpha value is -3.64. The molecule has 0 radical (unpaired) electrons. The van der Waals surface area contributed by atoms with Gasteiger partial charge in [-0.1, -0.05) is 65.8 Å². The van der Waals surface area contributed by atoms with Crippen molar-refractivity contribution in [3.05, 3.63) is 101 Å². The van der Waals surface area contributed by atoms with E-state index in [-0.39, 0.29) is 11.4 Å². The molecule has 176 valence electrons. The summed E-state index contributed by atoms with van der Waals surface area (Å²) in [6, 6.07) is 25.9. The van der Waals surface area contributed by atoms with Crippen molar-refractivity contribution in [2.24, 2.45) is 5.16 Å². The number of esters is 1. The van der Waals surface area contributed by atoms with Crippen molar-refractivity contribution in [3.63, 3.8) is 0 Å². The molecular formula is C28H29NO5. The minimum atomic E-state index is -0.312. The zero-order valence-corrected chi connectivity index (χ0v) is 19.5. The van der Waals surface area contributed by atoms with Gasteiger partial charge in [0.1, 0.15) is 25.2 Å². The molecule has 0 amide bonds. The van der Waals surface area contributed by atoms with Gasteiger partial charge in [0.05, 0.1) is 31.7 Å². The van der Waals surface area contributed by atoms with Gasteiger partial charge in [-0.15, -0.1) is 0 Å². The number of hydrogen-bond donors (Lipinski definition) is 0. The molecule has 34 heavy (non-hydrogen) atoms. The van der Waals surface area contributed by atoms with Crippen LogP contribution in [0, 0.1) is 0 Å². The van der Waals surface area contributed by atoms with Gasteiger partial charge >= 0.3 is 5.97 Å². The van der Waals surface area contributed by atoms with Gasteiger partial charge < -0.3 is 19.0 Å². The van der Waals surface area contributed by atoms with Crippen LogP contribution in [0.1, 0.15) is 35.6 Å². The first-order valence-electron chi connectivity index (χ1n) is 11.4. The summed E-state index contributed by atoms with van der Waals surface area (Å²) in [6.07, 6.45) is 0.320. The molecule has 0 aliphatic carbocycles. The predicted octanol–water partition coefficient (Wildman–Crippen LogP) is 4.89. The largest absolute Gasteiger partial charge is 0.489 e. The van der Waals surface area contributed by atoms with Gasteiger partial charge in [0.15, 0.2) is 0 Å². The number of carbonyl (C=O) groups excluding carboxylic acids is 1. The van der Waals surface area contributed by atoms with Gasteiger partial charge in [-0.05, 0) is 36.2 Å². The van der Waals surface area contributed by atoms with Crippen LogP contribution in [0.5, 0.6) is 5.75 Å². The average molecular weight is 460 g/mol. The Morgan fingerprint density at radius 1 is 0.971 bits per heavy atom. The molecule has 6 nitrogen and oxygen atoms in total. The van der Waals surface area contributed by atoms with E-state index in [4.69, 9.17) is 19.0 Å². The second-order valence-electron chi connectivity index (χ2n) is 8.26. The van der Waals surface area contributed by atoms with Crippen molar-refractivity contribution < 1.29 is 23.8 Å². The molecule has 0 saturated carbocycles. The maximum absolute atomic E-state index is 12.0. The fourth-order valence-electron chi connectivity index (χ4n) is 4.05. The highest BCUT2D eigenvalue weighted by molar-refractivity contribution is 6.12. The second kappa shape index (κ2) is 11.0. The van der Waals surface area contributed by atoms with Crippen LogP contribution in [0.4, 0.5) is 0 Å². The Morgan fingerprint density at radius 2 is 1.71 bits per heavy atom. The maximum Gasteiger partial charge on any atom is 0.306 e. The smallest absolute Gasteiger partial charge is 0.306 e. The van der Waals surface area contributed by atoms with Gasteiger partial charge in [0.25, 0.3) is 0 Å². The summed E-state index contributed by atoms with van der Waals surface area (Å²) < 4.78 is 16.6. The summed E-state index contributed by atoms with van der Waals surface area (Å²) in [6.45, 7) is 3.65. The third-order valence-corrected chi connectivity index (χ3v) is 5.85. The highest BCUT2D eigenvalue weighted by Gasteiger charge is 2.42. The van der Waals surface area contributed by atoms with Gasteiger partial charge in [0.2, 0.25) is 0 Å². The topological polar surface area (TPSA) is 66.4 Å². The summed E-state index contributed by atoms with van der Waals surface area (Å²) in [7, 11) is 1.55. The van der Waals surface area contributed by atoms with E-state index in [9.17, 15) is 4.79 Å². The van der Waals surface area contributed by atoms with Gasteiger partial charge in [-0.2, -0.15) is 0 Å². The Morgan fingerprint density at radius 3 is 2.35 bits per heavy atom. The minimum Gasteiger partial charge on any atom is -0.489 e. The normalized spacial score (nSPS) is 14.7. The standard InChI is InChI=1S/C28H29NO5/c1-3-33-26(30)17-28(19-32-20-28)24-12-14-25(15-13-24)34-18-21-8-7-11-23(16-21)27(29-31-2)22-9-5-4-6-10-22/h4-16H,3,17-20H2,1-2H3. The zero-order chi connectivity index (χ0) is 23.8. The Kier molecular flexibility index (Phi) is 7.60. The monoisotopic (exact) mass is 459 g/mol. The number of benzene rings is 3. The zero-order valence-electron chi connectivity index (χ0n) is 19.5. The fraction of sp³-hybridized carbons (Fsp3) is 0.286. The molecule has 0 unspecified atom stereocenters. The Bertz CT molecular complexity index is 1120. The number of hydrogen-bond acceptors (Lipinski definition) is 6. The lowest BCUT2D eigenvalue weighted by Gasteiger charge is -2.41. The highest BCUT2D eigenvalue weighted by Crippen LogP contribution is 2.37. The van der Waals surface area contributed by atoms with Crippen LogP contribution >= 0.6 is 0 Å². The summed E-state index contributed by atoms with van der Waals surface area (Å²) >= 11 is 0. The maximum atomic E-state index is 12.0. The van der Waals surface area contributed by atoms with E-state index in [0.717, 1.165) is 33.7 Å². The molecule has 1 aliphatic rings. The molecule has 3 aromatic carbocycles. The van der Waals surface area contributed by atoms with Crippen LogP contribution in [0.25, 0.3) is 0 Å². The molecule has 6 heteroatoms. The van der Waals surface area contributed by atoms with E-state index < -0.39 is 0 Å². The van der Waals surface area contributed by atoms with Gasteiger partial charge in [-0.25, -0.2) is 0 Å². The SMILES string of the molecule is CCOC(=O)CC1(c2ccc(OCc3cccc(C(=NOC)c4ccccc4)c3)cc2)COC1. The molecule has 0 N–H and O–H groups in total. The molecule has 0 aromatic heterocycles. The predicted molar refractivity (Wildman–Crippen MR) is 130 cm³/mol. The van der Waals surface area contributed by atoms with Crippen LogP contribution in [0.15, 0.2) is 84.0 Å². The molecule has 1 aliphatic heterocycles. The Labute approximate surface area is 200 Å². The number of rotatable bonds is 10. The summed E-state index contributed by atoms with van der Waals surface area (Å²) in [5, 5.41) is 4.23. The minimum absolute atomic E-state index is 0.196. The van der Waals surface area contributed by atoms with Gasteiger partial charge in [-0.3, -0.25) is 4.79 Å². The first kappa shape index (κ1) is 23.5. The van der Waals surface area contributed by atoms with Crippen LogP contribution in [0.3, 0.4) is 0 Å². The van der Waals surface area contributed by atoms with Crippen molar-refractivity contribution in [3.8, 4) is 5.75 Å². The van der Waals surface area contributed by atoms with Crippen molar-refractivity contribution >= 4 is 11.7 Å². The molecule has 4 rings (SSSR count). The molecular weight excluding hydrogens is 430 g/mol. The van der Waals surface area contributed by atoms with Crippen molar-refractivity contribution in [2.75, 3.05) is 26.9 Å². The molecule has 1 fully saturated rings. The highest BCUT2D eigenvalue weighted by atomic mass is 16.6. The van der Waals surface area contributed by atoms with E-state index in [2.05, 4.69) is 11.2 Å². The lowest BCUT2D eigenvalue weighted by atomic mass is 9.76. The Balaban J connectivity index is 1.43. The third-order valence-electron chi connectivity index (χ3n) is 5.85. The molecule has 0 atom stereocenters.